The summed E-state index contributed by atoms with van der Waals surface area (Å²) in [7, 11) is 0. The fourth-order valence-corrected chi connectivity index (χ4v) is 3.96. The van der Waals surface area contributed by atoms with Gasteiger partial charge in [0.1, 0.15) is 5.52 Å². The molecule has 2 aromatic rings. The molecule has 1 aromatic heterocycles. The van der Waals surface area contributed by atoms with Crippen LogP contribution in [0.4, 0.5) is 6.01 Å². The molecule has 0 radical (unpaired) electrons. The normalized spacial score (nSPS) is 18.9. The molecule has 6 nitrogen and oxygen atoms in total. The lowest BCUT2D eigenvalue weighted by Gasteiger charge is -2.36. The molecular formula is C19H28Cl2N4O2. The number of benzene rings is 1. The summed E-state index contributed by atoms with van der Waals surface area (Å²) in [6.07, 6.45) is 3.83. The lowest BCUT2D eigenvalue weighted by atomic mass is 9.92. The number of aromatic nitrogens is 1. The van der Waals surface area contributed by atoms with Gasteiger partial charge in [0.2, 0.25) is 5.91 Å². The Kier molecular flexibility index (Phi) is 7.77. The zero-order valence-corrected chi connectivity index (χ0v) is 17.0. The summed E-state index contributed by atoms with van der Waals surface area (Å²) < 4.78 is 5.85. The standard InChI is InChI=1S/C19H26N4O2.2ClH/c20-13-14-5-9-22(10-6-14)18(24)15-7-11-23(12-8-15)19-21-16-3-1-2-4-17(16)25-19;;/h1-4,14-15H,5-13,20H2;2*1H. The van der Waals surface area contributed by atoms with Gasteiger partial charge in [0.05, 0.1) is 0 Å². The van der Waals surface area contributed by atoms with Crippen molar-refractivity contribution >= 4 is 47.8 Å². The number of para-hydroxylation sites is 2. The number of piperidine rings is 2. The molecule has 2 aliphatic heterocycles. The first kappa shape index (κ1) is 21.8. The minimum absolute atomic E-state index is 0. The van der Waals surface area contributed by atoms with Crippen LogP contribution in [0.1, 0.15) is 25.7 Å². The average Bonchev–Trinajstić information content (AvgIpc) is 3.12. The molecule has 150 valence electrons. The average molecular weight is 415 g/mol. The molecule has 2 aliphatic rings. The predicted molar refractivity (Wildman–Crippen MR) is 112 cm³/mol. The van der Waals surface area contributed by atoms with Crippen LogP contribution in [-0.4, -0.2) is 48.5 Å². The number of nitrogens with two attached hydrogens (primary N) is 1. The summed E-state index contributed by atoms with van der Waals surface area (Å²) in [6, 6.07) is 8.50. The molecule has 1 aromatic carbocycles. The van der Waals surface area contributed by atoms with E-state index in [1.54, 1.807) is 0 Å². The second-order valence-corrected chi connectivity index (χ2v) is 7.23. The van der Waals surface area contributed by atoms with Crippen molar-refractivity contribution in [2.45, 2.75) is 25.7 Å². The Labute approximate surface area is 172 Å². The van der Waals surface area contributed by atoms with Gasteiger partial charge in [-0.05, 0) is 50.3 Å². The first-order valence-electron chi connectivity index (χ1n) is 9.34. The molecule has 0 aliphatic carbocycles. The Morgan fingerprint density at radius 1 is 1.07 bits per heavy atom. The van der Waals surface area contributed by atoms with Crippen molar-refractivity contribution in [3.8, 4) is 0 Å². The number of carbonyl (C=O) groups excluding carboxylic acids is 1. The molecule has 0 spiro atoms. The molecule has 8 heteroatoms. The van der Waals surface area contributed by atoms with E-state index in [2.05, 4.69) is 9.88 Å². The van der Waals surface area contributed by atoms with Crippen molar-refractivity contribution < 1.29 is 9.21 Å². The summed E-state index contributed by atoms with van der Waals surface area (Å²) in [5.41, 5.74) is 7.45. The number of rotatable bonds is 3. The van der Waals surface area contributed by atoms with Crippen molar-refractivity contribution in [1.82, 2.24) is 9.88 Å². The van der Waals surface area contributed by atoms with Gasteiger partial charge in [0.15, 0.2) is 5.58 Å². The summed E-state index contributed by atoms with van der Waals surface area (Å²) in [5, 5.41) is 0. The fourth-order valence-electron chi connectivity index (χ4n) is 3.96. The van der Waals surface area contributed by atoms with Crippen LogP contribution in [0.25, 0.3) is 11.1 Å². The first-order chi connectivity index (χ1) is 12.2. The molecular weight excluding hydrogens is 387 g/mol. The lowest BCUT2D eigenvalue weighted by Crippen LogP contribution is -2.46. The Hall–Kier alpha value is -1.50. The number of oxazole rings is 1. The van der Waals surface area contributed by atoms with Crippen molar-refractivity contribution in [3.05, 3.63) is 24.3 Å². The Morgan fingerprint density at radius 3 is 2.37 bits per heavy atom. The largest absolute Gasteiger partial charge is 0.423 e. The third-order valence-corrected chi connectivity index (χ3v) is 5.66. The molecule has 3 heterocycles. The fraction of sp³-hybridized carbons (Fsp3) is 0.579. The van der Waals surface area contributed by atoms with Crippen molar-refractivity contribution in [3.63, 3.8) is 0 Å². The van der Waals surface area contributed by atoms with E-state index >= 15 is 0 Å². The maximum absolute atomic E-state index is 12.8. The quantitative estimate of drug-likeness (QED) is 0.834. The van der Waals surface area contributed by atoms with Crippen molar-refractivity contribution in [1.29, 1.82) is 0 Å². The second kappa shape index (κ2) is 9.62. The van der Waals surface area contributed by atoms with Crippen LogP contribution in [0.3, 0.4) is 0 Å². The van der Waals surface area contributed by atoms with Crippen LogP contribution in [0, 0.1) is 11.8 Å². The van der Waals surface area contributed by atoms with E-state index in [9.17, 15) is 4.79 Å². The van der Waals surface area contributed by atoms with Gasteiger partial charge in [-0.1, -0.05) is 12.1 Å². The minimum Gasteiger partial charge on any atom is -0.423 e. The number of likely N-dealkylation sites (tertiary alicyclic amines) is 1. The number of halogens is 2. The maximum atomic E-state index is 12.8. The number of nitrogens with zero attached hydrogens (tertiary/aromatic N) is 3. The molecule has 2 N–H and O–H groups in total. The molecule has 0 atom stereocenters. The number of amides is 1. The molecule has 0 unspecified atom stereocenters. The van der Waals surface area contributed by atoms with E-state index in [0.29, 0.717) is 17.8 Å². The summed E-state index contributed by atoms with van der Waals surface area (Å²) in [4.78, 5) is 21.5. The third-order valence-electron chi connectivity index (χ3n) is 5.66. The smallest absolute Gasteiger partial charge is 0.298 e. The van der Waals surface area contributed by atoms with E-state index in [-0.39, 0.29) is 30.7 Å². The Bertz CT molecular complexity index is 705. The summed E-state index contributed by atoms with van der Waals surface area (Å²) >= 11 is 0. The molecule has 27 heavy (non-hydrogen) atoms. The van der Waals surface area contributed by atoms with Crippen LogP contribution in [0.15, 0.2) is 28.7 Å². The van der Waals surface area contributed by atoms with Gasteiger partial charge in [-0.25, -0.2) is 0 Å². The monoisotopic (exact) mass is 414 g/mol. The van der Waals surface area contributed by atoms with Gasteiger partial charge >= 0.3 is 0 Å². The van der Waals surface area contributed by atoms with E-state index in [4.69, 9.17) is 10.2 Å². The SMILES string of the molecule is Cl.Cl.NCC1CCN(C(=O)C2CCN(c3nc4ccccc4o3)CC2)CC1. The van der Waals surface area contributed by atoms with Gasteiger partial charge in [-0.15, -0.1) is 24.8 Å². The van der Waals surface area contributed by atoms with Crippen LogP contribution in [-0.2, 0) is 4.79 Å². The molecule has 2 saturated heterocycles. The summed E-state index contributed by atoms with van der Waals surface area (Å²) in [5.74, 6) is 1.05. The highest BCUT2D eigenvalue weighted by Gasteiger charge is 2.31. The van der Waals surface area contributed by atoms with Gasteiger partial charge in [-0.2, -0.15) is 4.98 Å². The minimum atomic E-state index is 0. The van der Waals surface area contributed by atoms with E-state index in [1.165, 1.54) is 0 Å². The number of hydrogen-bond acceptors (Lipinski definition) is 5. The zero-order valence-electron chi connectivity index (χ0n) is 15.4. The maximum Gasteiger partial charge on any atom is 0.298 e. The van der Waals surface area contributed by atoms with Crippen LogP contribution in [0.2, 0.25) is 0 Å². The molecule has 1 amide bonds. The Morgan fingerprint density at radius 2 is 1.74 bits per heavy atom. The first-order valence-corrected chi connectivity index (χ1v) is 9.34. The molecule has 2 fully saturated rings. The highest BCUT2D eigenvalue weighted by Crippen LogP contribution is 2.28. The predicted octanol–water partition coefficient (Wildman–Crippen LogP) is 3.09. The highest BCUT2D eigenvalue weighted by molar-refractivity contribution is 5.85. The van der Waals surface area contributed by atoms with Crippen LogP contribution < -0.4 is 10.6 Å². The number of hydrogen-bond donors (Lipinski definition) is 1. The van der Waals surface area contributed by atoms with Gasteiger partial charge in [0, 0.05) is 32.1 Å². The number of anilines is 1. The molecule has 0 bridgehead atoms. The zero-order chi connectivity index (χ0) is 17.2. The van der Waals surface area contributed by atoms with E-state index in [1.807, 2.05) is 29.2 Å². The van der Waals surface area contributed by atoms with Crippen LogP contribution in [0.5, 0.6) is 0 Å². The van der Waals surface area contributed by atoms with Gasteiger partial charge in [-0.3, -0.25) is 4.79 Å². The van der Waals surface area contributed by atoms with Crippen LogP contribution >= 0.6 is 24.8 Å². The molecule has 4 rings (SSSR count). The summed E-state index contributed by atoms with van der Waals surface area (Å²) in [6.45, 7) is 4.12. The number of carbonyl (C=O) groups is 1. The second-order valence-electron chi connectivity index (χ2n) is 7.23. The third kappa shape index (κ3) is 4.68. The van der Waals surface area contributed by atoms with Gasteiger partial charge < -0.3 is 20.0 Å². The van der Waals surface area contributed by atoms with Gasteiger partial charge in [0.25, 0.3) is 6.01 Å². The topological polar surface area (TPSA) is 75.6 Å². The number of fused-ring (bicyclic) bond motifs is 1. The van der Waals surface area contributed by atoms with E-state index in [0.717, 1.165) is 69.5 Å². The van der Waals surface area contributed by atoms with E-state index < -0.39 is 0 Å². The van der Waals surface area contributed by atoms with Crippen molar-refractivity contribution in [2.24, 2.45) is 17.6 Å². The highest BCUT2D eigenvalue weighted by atomic mass is 35.5. The van der Waals surface area contributed by atoms with Crippen molar-refractivity contribution in [2.75, 3.05) is 37.6 Å². The lowest BCUT2D eigenvalue weighted by molar-refractivity contribution is -0.137. The Balaban J connectivity index is 0.00000131. The molecule has 0 saturated carbocycles.